The van der Waals surface area contributed by atoms with Crippen LogP contribution in [0.5, 0.6) is 5.75 Å². The summed E-state index contributed by atoms with van der Waals surface area (Å²) in [4.78, 5) is 0. The van der Waals surface area contributed by atoms with Crippen LogP contribution in [0.25, 0.3) is 0 Å². The topological polar surface area (TPSA) is 21.3 Å². The van der Waals surface area contributed by atoms with Gasteiger partial charge in [-0.25, -0.2) is 4.39 Å². The summed E-state index contributed by atoms with van der Waals surface area (Å²) >= 11 is 5.84. The van der Waals surface area contributed by atoms with Gasteiger partial charge in [0.15, 0.2) is 0 Å². The molecular weight excluding hydrogens is 253 g/mol. The fraction of sp³-hybridized carbons (Fsp3) is 0.571. The van der Waals surface area contributed by atoms with E-state index in [4.69, 9.17) is 16.3 Å². The molecule has 0 amide bonds. The Balaban J connectivity index is 2.18. The van der Waals surface area contributed by atoms with E-state index >= 15 is 0 Å². The molecule has 0 aliphatic heterocycles. The van der Waals surface area contributed by atoms with Crippen molar-refractivity contribution in [1.29, 1.82) is 0 Å². The summed E-state index contributed by atoms with van der Waals surface area (Å²) in [7, 11) is 0. The van der Waals surface area contributed by atoms with E-state index in [2.05, 4.69) is 26.1 Å². The summed E-state index contributed by atoms with van der Waals surface area (Å²) in [6.07, 6.45) is 1.12. The van der Waals surface area contributed by atoms with E-state index in [9.17, 15) is 4.39 Å². The van der Waals surface area contributed by atoms with Gasteiger partial charge in [-0.15, -0.1) is 0 Å². The third-order valence-electron chi connectivity index (χ3n) is 2.48. The van der Waals surface area contributed by atoms with Crippen LogP contribution >= 0.6 is 11.6 Å². The van der Waals surface area contributed by atoms with Gasteiger partial charge in [0.2, 0.25) is 0 Å². The highest BCUT2D eigenvalue weighted by Gasteiger charge is 2.08. The molecule has 0 aliphatic carbocycles. The van der Waals surface area contributed by atoms with Crippen molar-refractivity contribution >= 4 is 11.6 Å². The minimum absolute atomic E-state index is 0.310. The molecule has 0 fully saturated rings. The predicted molar refractivity (Wildman–Crippen MR) is 73.8 cm³/mol. The van der Waals surface area contributed by atoms with E-state index in [0.717, 1.165) is 19.5 Å². The molecule has 2 nitrogen and oxygen atoms in total. The highest BCUT2D eigenvalue weighted by atomic mass is 35.5. The summed E-state index contributed by atoms with van der Waals surface area (Å²) in [6, 6.07) is 4.14. The number of hydrogen-bond donors (Lipinski definition) is 1. The molecule has 102 valence electrons. The fourth-order valence-electron chi connectivity index (χ4n) is 1.41. The standard InChI is InChI=1S/C14H21ClFNO/c1-14(2,3)6-7-17-8-9-18-13-5-4-11(16)10-12(13)15/h4-5,10,17H,6-9H2,1-3H3. The first-order valence-electron chi connectivity index (χ1n) is 6.17. The van der Waals surface area contributed by atoms with Crippen molar-refractivity contribution in [3.63, 3.8) is 0 Å². The Hall–Kier alpha value is -0.800. The first-order chi connectivity index (χ1) is 8.38. The quantitative estimate of drug-likeness (QED) is 0.794. The van der Waals surface area contributed by atoms with Crippen molar-refractivity contribution in [1.82, 2.24) is 5.32 Å². The average Bonchev–Trinajstić information content (AvgIpc) is 2.24. The maximum absolute atomic E-state index is 12.8. The van der Waals surface area contributed by atoms with Gasteiger partial charge in [0.25, 0.3) is 0 Å². The van der Waals surface area contributed by atoms with Gasteiger partial charge in [-0.3, -0.25) is 0 Å². The Bertz CT molecular complexity index is 377. The van der Waals surface area contributed by atoms with Crippen molar-refractivity contribution in [3.05, 3.63) is 29.0 Å². The van der Waals surface area contributed by atoms with E-state index in [1.165, 1.54) is 12.1 Å². The third kappa shape index (κ3) is 6.22. The summed E-state index contributed by atoms with van der Waals surface area (Å²) < 4.78 is 18.3. The van der Waals surface area contributed by atoms with E-state index in [1.807, 2.05) is 0 Å². The maximum atomic E-state index is 12.8. The second-order valence-electron chi connectivity index (χ2n) is 5.48. The second-order valence-corrected chi connectivity index (χ2v) is 5.89. The minimum atomic E-state index is -0.351. The Morgan fingerprint density at radius 3 is 2.61 bits per heavy atom. The molecule has 1 aromatic rings. The van der Waals surface area contributed by atoms with Crippen LogP contribution in [0.3, 0.4) is 0 Å². The lowest BCUT2D eigenvalue weighted by Gasteiger charge is -2.18. The smallest absolute Gasteiger partial charge is 0.138 e. The summed E-state index contributed by atoms with van der Waals surface area (Å²) in [5, 5.41) is 3.61. The number of hydrogen-bond acceptors (Lipinski definition) is 2. The van der Waals surface area contributed by atoms with Crippen LogP contribution in [0.4, 0.5) is 4.39 Å². The van der Waals surface area contributed by atoms with Gasteiger partial charge in [-0.05, 0) is 36.6 Å². The SMILES string of the molecule is CC(C)(C)CCNCCOc1ccc(F)cc1Cl. The molecule has 0 aromatic heterocycles. The van der Waals surface area contributed by atoms with Crippen molar-refractivity contribution in [2.45, 2.75) is 27.2 Å². The van der Waals surface area contributed by atoms with Crippen LogP contribution in [0.2, 0.25) is 5.02 Å². The van der Waals surface area contributed by atoms with Crippen LogP contribution in [0, 0.1) is 11.2 Å². The summed E-state index contributed by atoms with van der Waals surface area (Å²) in [6.45, 7) is 8.87. The largest absolute Gasteiger partial charge is 0.491 e. The first-order valence-corrected chi connectivity index (χ1v) is 6.55. The summed E-state index contributed by atoms with van der Waals surface area (Å²) in [5.74, 6) is 0.173. The molecule has 1 aromatic carbocycles. The normalized spacial score (nSPS) is 11.6. The van der Waals surface area contributed by atoms with Gasteiger partial charge in [-0.2, -0.15) is 0 Å². The van der Waals surface area contributed by atoms with Crippen molar-refractivity contribution in [3.8, 4) is 5.75 Å². The van der Waals surface area contributed by atoms with Crippen LogP contribution in [0.15, 0.2) is 18.2 Å². The number of nitrogens with one attached hydrogen (secondary N) is 1. The minimum Gasteiger partial charge on any atom is -0.491 e. The van der Waals surface area contributed by atoms with Crippen LogP contribution < -0.4 is 10.1 Å². The Morgan fingerprint density at radius 1 is 1.28 bits per heavy atom. The van der Waals surface area contributed by atoms with Gasteiger partial charge in [0.1, 0.15) is 18.2 Å². The number of halogens is 2. The summed E-state index contributed by atoms with van der Waals surface area (Å²) in [5.41, 5.74) is 0.341. The predicted octanol–water partition coefficient (Wildman–Crippen LogP) is 3.88. The van der Waals surface area contributed by atoms with E-state index in [-0.39, 0.29) is 5.82 Å². The molecule has 0 spiro atoms. The zero-order valence-electron chi connectivity index (χ0n) is 11.2. The zero-order valence-corrected chi connectivity index (χ0v) is 12.0. The fourth-order valence-corrected chi connectivity index (χ4v) is 1.64. The lowest BCUT2D eigenvalue weighted by Crippen LogP contribution is -2.25. The lowest BCUT2D eigenvalue weighted by molar-refractivity contribution is 0.304. The number of benzene rings is 1. The van der Waals surface area contributed by atoms with Crippen LogP contribution in [-0.2, 0) is 0 Å². The third-order valence-corrected chi connectivity index (χ3v) is 2.78. The highest BCUT2D eigenvalue weighted by molar-refractivity contribution is 6.32. The Kier molecular flexibility index (Phi) is 5.89. The van der Waals surface area contributed by atoms with Crippen LogP contribution in [0.1, 0.15) is 27.2 Å². The second kappa shape index (κ2) is 6.95. The zero-order chi connectivity index (χ0) is 13.6. The van der Waals surface area contributed by atoms with Gasteiger partial charge in [-0.1, -0.05) is 32.4 Å². The highest BCUT2D eigenvalue weighted by Crippen LogP contribution is 2.24. The molecule has 1 N–H and O–H groups in total. The lowest BCUT2D eigenvalue weighted by atomic mass is 9.92. The number of rotatable bonds is 6. The molecule has 0 saturated carbocycles. The van der Waals surface area contributed by atoms with Gasteiger partial charge >= 0.3 is 0 Å². The van der Waals surface area contributed by atoms with Crippen molar-refractivity contribution < 1.29 is 9.13 Å². The molecule has 0 heterocycles. The molecule has 1 rings (SSSR count). The Labute approximate surface area is 113 Å². The van der Waals surface area contributed by atoms with Crippen molar-refractivity contribution in [2.75, 3.05) is 19.7 Å². The van der Waals surface area contributed by atoms with E-state index < -0.39 is 0 Å². The molecule has 0 bridgehead atoms. The number of ether oxygens (including phenoxy) is 1. The molecule has 4 heteroatoms. The molecule has 0 saturated heterocycles. The van der Waals surface area contributed by atoms with E-state index in [0.29, 0.717) is 22.8 Å². The van der Waals surface area contributed by atoms with Gasteiger partial charge in [0.05, 0.1) is 5.02 Å². The average molecular weight is 274 g/mol. The van der Waals surface area contributed by atoms with E-state index in [1.54, 1.807) is 6.07 Å². The molecular formula is C14H21ClFNO. The van der Waals surface area contributed by atoms with Gasteiger partial charge < -0.3 is 10.1 Å². The molecule has 0 unspecified atom stereocenters. The van der Waals surface area contributed by atoms with Gasteiger partial charge in [0, 0.05) is 6.54 Å². The van der Waals surface area contributed by atoms with Crippen molar-refractivity contribution in [2.24, 2.45) is 5.41 Å². The Morgan fingerprint density at radius 2 is 2.00 bits per heavy atom. The molecule has 0 atom stereocenters. The monoisotopic (exact) mass is 273 g/mol. The maximum Gasteiger partial charge on any atom is 0.138 e. The molecule has 0 radical (unpaired) electrons. The van der Waals surface area contributed by atoms with Crippen LogP contribution in [-0.4, -0.2) is 19.7 Å². The first kappa shape index (κ1) is 15.3. The molecule has 0 aliphatic rings. The molecule has 18 heavy (non-hydrogen) atoms.